The van der Waals surface area contributed by atoms with Crippen LogP contribution in [0.2, 0.25) is 0 Å². The van der Waals surface area contributed by atoms with Gasteiger partial charge in [-0.3, -0.25) is 0 Å². The monoisotopic (exact) mass is 280 g/mol. The molecule has 2 heterocycles. The number of aryl methyl sites for hydroxylation is 1. The van der Waals surface area contributed by atoms with E-state index in [0.29, 0.717) is 28.7 Å². The summed E-state index contributed by atoms with van der Waals surface area (Å²) in [5, 5.41) is 3.27. The number of nitrogens with one attached hydrogen (secondary N) is 1. The van der Waals surface area contributed by atoms with Crippen LogP contribution in [-0.2, 0) is 4.74 Å². The van der Waals surface area contributed by atoms with E-state index in [1.807, 2.05) is 6.92 Å². The summed E-state index contributed by atoms with van der Waals surface area (Å²) >= 11 is 4.95. The highest BCUT2D eigenvalue weighted by Gasteiger charge is 2.26. The van der Waals surface area contributed by atoms with Gasteiger partial charge >= 0.3 is 0 Å². The van der Waals surface area contributed by atoms with Gasteiger partial charge in [0.05, 0.1) is 6.10 Å². The van der Waals surface area contributed by atoms with Crippen LogP contribution >= 0.6 is 12.2 Å². The van der Waals surface area contributed by atoms with E-state index in [1.54, 1.807) is 6.07 Å². The van der Waals surface area contributed by atoms with E-state index in [1.165, 1.54) is 0 Å². The molecule has 0 aliphatic carbocycles. The second kappa shape index (κ2) is 6.25. The minimum Gasteiger partial charge on any atom is -0.388 e. The maximum absolute atomic E-state index is 5.67. The van der Waals surface area contributed by atoms with E-state index in [4.69, 9.17) is 22.7 Å². The lowest BCUT2D eigenvalue weighted by atomic mass is 10.00. The largest absolute Gasteiger partial charge is 0.388 e. The van der Waals surface area contributed by atoms with Gasteiger partial charge in [0.25, 0.3) is 0 Å². The molecule has 19 heavy (non-hydrogen) atoms. The van der Waals surface area contributed by atoms with Gasteiger partial charge in [0.1, 0.15) is 10.7 Å². The first-order valence-corrected chi connectivity index (χ1v) is 7.02. The third kappa shape index (κ3) is 3.61. The second-order valence-electron chi connectivity index (χ2n) is 4.83. The van der Waals surface area contributed by atoms with Crippen LogP contribution in [0.1, 0.15) is 31.2 Å². The van der Waals surface area contributed by atoms with Crippen molar-refractivity contribution < 1.29 is 4.74 Å². The summed E-state index contributed by atoms with van der Waals surface area (Å²) in [4.78, 5) is 8.96. The molecule has 0 saturated carbocycles. The van der Waals surface area contributed by atoms with Crippen molar-refractivity contribution in [3.63, 3.8) is 0 Å². The van der Waals surface area contributed by atoms with Crippen molar-refractivity contribution in [1.82, 2.24) is 9.97 Å². The highest BCUT2D eigenvalue weighted by atomic mass is 32.1. The number of thiocarbonyl (C=S) groups is 1. The zero-order valence-electron chi connectivity index (χ0n) is 11.3. The highest BCUT2D eigenvalue weighted by molar-refractivity contribution is 7.80. The lowest BCUT2D eigenvalue weighted by Gasteiger charge is -2.17. The van der Waals surface area contributed by atoms with Crippen molar-refractivity contribution >= 4 is 23.2 Å². The van der Waals surface area contributed by atoms with E-state index in [0.717, 1.165) is 31.7 Å². The molecule has 1 aliphatic heterocycles. The van der Waals surface area contributed by atoms with Crippen molar-refractivity contribution in [3.05, 3.63) is 17.5 Å². The summed E-state index contributed by atoms with van der Waals surface area (Å²) in [6, 6.07) is 1.79. The quantitative estimate of drug-likeness (QED) is 0.799. The molecule has 1 aromatic rings. The first-order valence-electron chi connectivity index (χ1n) is 6.61. The SMILES string of the molecule is CCC1OCCC1CNc1nc(C)cc(C(N)=S)n1. The zero-order chi connectivity index (χ0) is 13.8. The summed E-state index contributed by atoms with van der Waals surface area (Å²) in [5.74, 6) is 1.10. The fourth-order valence-corrected chi connectivity index (χ4v) is 2.48. The smallest absolute Gasteiger partial charge is 0.223 e. The lowest BCUT2D eigenvalue weighted by Crippen LogP contribution is -2.24. The van der Waals surface area contributed by atoms with Crippen LogP contribution in [0.15, 0.2) is 6.07 Å². The van der Waals surface area contributed by atoms with Gasteiger partial charge in [-0.2, -0.15) is 0 Å². The molecule has 0 bridgehead atoms. The van der Waals surface area contributed by atoms with Crippen molar-refractivity contribution in [3.8, 4) is 0 Å². The zero-order valence-corrected chi connectivity index (χ0v) is 12.2. The van der Waals surface area contributed by atoms with E-state index in [9.17, 15) is 0 Å². The maximum Gasteiger partial charge on any atom is 0.223 e. The van der Waals surface area contributed by atoms with Crippen LogP contribution in [0.5, 0.6) is 0 Å². The molecular formula is C13H20N4OS. The molecule has 2 rings (SSSR count). The molecular weight excluding hydrogens is 260 g/mol. The maximum atomic E-state index is 5.67. The number of anilines is 1. The number of hydrogen-bond acceptors (Lipinski definition) is 5. The van der Waals surface area contributed by atoms with E-state index >= 15 is 0 Å². The number of nitrogens with two attached hydrogens (primary N) is 1. The van der Waals surface area contributed by atoms with Crippen LogP contribution in [0.25, 0.3) is 0 Å². The number of hydrogen-bond donors (Lipinski definition) is 2. The minimum atomic E-state index is 0.296. The first-order chi connectivity index (χ1) is 9.10. The Morgan fingerprint density at radius 1 is 1.58 bits per heavy atom. The van der Waals surface area contributed by atoms with E-state index in [2.05, 4.69) is 22.2 Å². The van der Waals surface area contributed by atoms with Gasteiger partial charge in [-0.25, -0.2) is 9.97 Å². The molecule has 1 saturated heterocycles. The van der Waals surface area contributed by atoms with Crippen molar-refractivity contribution in [2.45, 2.75) is 32.8 Å². The molecule has 1 fully saturated rings. The number of aromatic nitrogens is 2. The predicted octanol–water partition coefficient (Wildman–Crippen LogP) is 1.65. The van der Waals surface area contributed by atoms with Gasteiger partial charge in [0.2, 0.25) is 5.95 Å². The number of nitrogens with zero attached hydrogens (tertiary/aromatic N) is 2. The van der Waals surface area contributed by atoms with Crippen LogP contribution in [0, 0.1) is 12.8 Å². The molecule has 0 amide bonds. The normalized spacial score (nSPS) is 22.4. The number of rotatable bonds is 5. The van der Waals surface area contributed by atoms with Gasteiger partial charge in [-0.05, 0) is 25.8 Å². The third-order valence-corrected chi connectivity index (χ3v) is 3.59. The Kier molecular flexibility index (Phi) is 4.66. The molecule has 0 aromatic carbocycles. The Morgan fingerprint density at radius 3 is 3.05 bits per heavy atom. The summed E-state index contributed by atoms with van der Waals surface area (Å²) in [6.45, 7) is 5.72. The van der Waals surface area contributed by atoms with Crippen LogP contribution < -0.4 is 11.1 Å². The molecule has 104 valence electrons. The number of ether oxygens (including phenoxy) is 1. The van der Waals surface area contributed by atoms with Crippen LogP contribution in [0.3, 0.4) is 0 Å². The molecule has 0 spiro atoms. The Morgan fingerprint density at radius 2 is 2.37 bits per heavy atom. The molecule has 5 nitrogen and oxygen atoms in total. The topological polar surface area (TPSA) is 73.1 Å². The average Bonchev–Trinajstić information content (AvgIpc) is 2.83. The molecule has 3 N–H and O–H groups in total. The minimum absolute atomic E-state index is 0.296. The van der Waals surface area contributed by atoms with Crippen molar-refractivity contribution in [1.29, 1.82) is 0 Å². The van der Waals surface area contributed by atoms with Gasteiger partial charge in [0, 0.05) is 24.8 Å². The summed E-state index contributed by atoms with van der Waals surface area (Å²) < 4.78 is 5.67. The van der Waals surface area contributed by atoms with Gasteiger partial charge < -0.3 is 15.8 Å². The lowest BCUT2D eigenvalue weighted by molar-refractivity contribution is 0.0900. The standard InChI is InChI=1S/C13H20N4OS/c1-3-11-9(4-5-18-11)7-15-13-16-8(2)6-10(17-13)12(14)19/h6,9,11H,3-5,7H2,1-2H3,(H2,14,19)(H,15,16,17). The summed E-state index contributed by atoms with van der Waals surface area (Å²) in [7, 11) is 0. The third-order valence-electron chi connectivity index (χ3n) is 3.38. The Bertz CT molecular complexity index is 466. The molecule has 6 heteroatoms. The highest BCUT2D eigenvalue weighted by Crippen LogP contribution is 2.23. The molecule has 0 radical (unpaired) electrons. The average molecular weight is 280 g/mol. The van der Waals surface area contributed by atoms with Crippen molar-refractivity contribution in [2.75, 3.05) is 18.5 Å². The van der Waals surface area contributed by atoms with Crippen molar-refractivity contribution in [2.24, 2.45) is 11.7 Å². The Labute approximate surface area is 119 Å². The van der Waals surface area contributed by atoms with E-state index in [-0.39, 0.29) is 0 Å². The molecule has 1 aliphatic rings. The second-order valence-corrected chi connectivity index (χ2v) is 5.27. The molecule has 2 atom stereocenters. The fraction of sp³-hybridized carbons (Fsp3) is 0.615. The fourth-order valence-electron chi connectivity index (χ4n) is 2.37. The Hall–Kier alpha value is -1.27. The Balaban J connectivity index is 2.01. The molecule has 2 unspecified atom stereocenters. The van der Waals surface area contributed by atoms with E-state index < -0.39 is 0 Å². The predicted molar refractivity (Wildman–Crippen MR) is 79.3 cm³/mol. The summed E-state index contributed by atoms with van der Waals surface area (Å²) in [6.07, 6.45) is 2.46. The molecule has 1 aromatic heterocycles. The van der Waals surface area contributed by atoms with Crippen LogP contribution in [0.4, 0.5) is 5.95 Å². The van der Waals surface area contributed by atoms with Gasteiger partial charge in [-0.15, -0.1) is 0 Å². The first kappa shape index (κ1) is 14.1. The van der Waals surface area contributed by atoms with Crippen LogP contribution in [-0.4, -0.2) is 34.2 Å². The summed E-state index contributed by atoms with van der Waals surface area (Å²) in [5.41, 5.74) is 7.07. The van der Waals surface area contributed by atoms with Gasteiger partial charge in [-0.1, -0.05) is 19.1 Å². The van der Waals surface area contributed by atoms with Gasteiger partial charge in [0.15, 0.2) is 0 Å².